The minimum Gasteiger partial charge on any atom is -0.454 e. The van der Waals surface area contributed by atoms with Crippen LogP contribution in [0.1, 0.15) is 24.5 Å². The van der Waals surface area contributed by atoms with Gasteiger partial charge in [-0.3, -0.25) is 19.3 Å². The maximum atomic E-state index is 13.0. The lowest BCUT2D eigenvalue weighted by Gasteiger charge is -2.28. The number of rotatable bonds is 5. The Hall–Kier alpha value is -1.26. The van der Waals surface area contributed by atoms with Crippen molar-refractivity contribution in [1.82, 2.24) is 4.90 Å². The van der Waals surface area contributed by atoms with E-state index in [9.17, 15) is 19.2 Å². The highest BCUT2D eigenvalue weighted by molar-refractivity contribution is 9.12. The Morgan fingerprint density at radius 1 is 1.09 bits per heavy atom. The van der Waals surface area contributed by atoms with Crippen LogP contribution in [0.15, 0.2) is 16.6 Å². The number of aryl methyl sites for hydroxylation is 2. The number of esters is 1. The summed E-state index contributed by atoms with van der Waals surface area (Å²) in [5, 5.41) is 2.73. The minimum atomic E-state index is -1.08. The first-order valence-corrected chi connectivity index (χ1v) is 13.0. The van der Waals surface area contributed by atoms with E-state index in [0.717, 1.165) is 26.9 Å². The molecule has 0 aromatic heterocycles. The van der Waals surface area contributed by atoms with Gasteiger partial charge in [-0.1, -0.05) is 47.8 Å². The summed E-state index contributed by atoms with van der Waals surface area (Å²) in [6.45, 7) is 4.73. The van der Waals surface area contributed by atoms with Crippen molar-refractivity contribution >= 4 is 77.2 Å². The van der Waals surface area contributed by atoms with Crippen LogP contribution in [0, 0.1) is 37.5 Å². The third-order valence-electron chi connectivity index (χ3n) is 6.87. The van der Waals surface area contributed by atoms with Gasteiger partial charge in [0.1, 0.15) is 6.04 Å². The normalized spacial score (nSPS) is 31.6. The maximum Gasteiger partial charge on any atom is 0.329 e. The third-order valence-corrected chi connectivity index (χ3v) is 10.9. The van der Waals surface area contributed by atoms with Gasteiger partial charge in [-0.15, -0.1) is 0 Å². The van der Waals surface area contributed by atoms with Crippen molar-refractivity contribution in [1.29, 1.82) is 0 Å². The molecule has 32 heavy (non-hydrogen) atoms. The molecule has 0 unspecified atom stereocenters. The number of benzene rings is 1. The van der Waals surface area contributed by atoms with Crippen LogP contribution in [0.4, 0.5) is 5.69 Å². The predicted octanol–water partition coefficient (Wildman–Crippen LogP) is 3.71. The molecule has 10 heteroatoms. The molecule has 7 nitrogen and oxygen atoms in total. The number of carbonyl (C=O) groups is 4. The summed E-state index contributed by atoms with van der Waals surface area (Å²) in [6.07, 6.45) is 0.820. The van der Waals surface area contributed by atoms with Crippen molar-refractivity contribution in [2.45, 2.75) is 42.9 Å². The van der Waals surface area contributed by atoms with E-state index >= 15 is 0 Å². The van der Waals surface area contributed by atoms with Crippen LogP contribution in [-0.4, -0.2) is 50.9 Å². The van der Waals surface area contributed by atoms with Gasteiger partial charge in [-0.2, -0.15) is 0 Å². The lowest BCUT2D eigenvalue weighted by Crippen LogP contribution is -2.45. The molecule has 0 spiro atoms. The van der Waals surface area contributed by atoms with Gasteiger partial charge in [-0.05, 0) is 62.3 Å². The number of nitrogens with zero attached hydrogens (tertiary/aromatic N) is 1. The summed E-state index contributed by atoms with van der Waals surface area (Å²) in [6, 6.07) is 2.64. The summed E-state index contributed by atoms with van der Waals surface area (Å²) < 4.78 is 6.08. The van der Waals surface area contributed by atoms with Crippen molar-refractivity contribution in [2.24, 2.45) is 23.7 Å². The summed E-state index contributed by atoms with van der Waals surface area (Å²) in [5.41, 5.74) is 2.44. The van der Waals surface area contributed by atoms with Gasteiger partial charge in [0, 0.05) is 19.8 Å². The number of hydrogen-bond donors (Lipinski definition) is 1. The molecule has 1 N–H and O–H groups in total. The number of imide groups is 1. The topological polar surface area (TPSA) is 92.8 Å². The van der Waals surface area contributed by atoms with Crippen molar-refractivity contribution in [2.75, 3.05) is 11.9 Å². The number of amides is 3. The fraction of sp³-hybridized carbons (Fsp3) is 0.545. The highest BCUT2D eigenvalue weighted by Gasteiger charge is 2.67. The molecule has 172 valence electrons. The van der Waals surface area contributed by atoms with Gasteiger partial charge in [-0.25, -0.2) is 4.79 Å². The average molecular weight is 635 g/mol. The van der Waals surface area contributed by atoms with Gasteiger partial charge in [0.15, 0.2) is 6.61 Å². The van der Waals surface area contributed by atoms with Crippen molar-refractivity contribution in [3.63, 3.8) is 0 Å². The van der Waals surface area contributed by atoms with E-state index in [1.54, 1.807) is 0 Å². The number of fused-ring (bicyclic) bond motifs is 5. The molecule has 2 saturated carbocycles. The summed E-state index contributed by atoms with van der Waals surface area (Å²) >= 11 is 10.7. The Labute approximate surface area is 211 Å². The predicted molar refractivity (Wildman–Crippen MR) is 129 cm³/mol. The van der Waals surface area contributed by atoms with Crippen LogP contribution >= 0.6 is 47.8 Å². The van der Waals surface area contributed by atoms with Crippen molar-refractivity contribution < 1.29 is 23.9 Å². The molecule has 1 aromatic rings. The number of hydrogen-bond acceptors (Lipinski definition) is 5. The molecule has 1 aliphatic heterocycles. The average Bonchev–Trinajstić information content (AvgIpc) is 3.34. The van der Waals surface area contributed by atoms with E-state index in [1.165, 1.54) is 6.92 Å². The molecule has 3 fully saturated rings. The lowest BCUT2D eigenvalue weighted by atomic mass is 9.81. The first-order chi connectivity index (χ1) is 15.0. The van der Waals surface area contributed by atoms with Gasteiger partial charge < -0.3 is 10.1 Å². The largest absolute Gasteiger partial charge is 0.454 e. The Bertz CT molecular complexity index is 984. The number of carbonyl (C=O) groups excluding carboxylic acids is 4. The number of ether oxygens (including phenoxy) is 1. The molecule has 1 heterocycles. The fourth-order valence-electron chi connectivity index (χ4n) is 5.22. The first kappa shape index (κ1) is 23.9. The highest BCUT2D eigenvalue weighted by atomic mass is 79.9. The molecule has 4 rings (SSSR count). The Morgan fingerprint density at radius 2 is 1.66 bits per heavy atom. The number of likely N-dealkylation sites (tertiary alicyclic amines) is 1. The second-order valence-corrected chi connectivity index (χ2v) is 11.8. The smallest absolute Gasteiger partial charge is 0.329 e. The maximum absolute atomic E-state index is 13.0. The van der Waals surface area contributed by atoms with Crippen molar-refractivity contribution in [3.05, 3.63) is 27.7 Å². The third kappa shape index (κ3) is 3.86. The Balaban J connectivity index is 1.37. The summed E-state index contributed by atoms with van der Waals surface area (Å²) in [5.74, 6) is -2.54. The van der Waals surface area contributed by atoms with Crippen LogP contribution in [0.2, 0.25) is 0 Å². The molecule has 3 amide bonds. The number of alkyl halides is 2. The fourth-order valence-corrected chi connectivity index (χ4v) is 7.55. The molecule has 3 aliphatic rings. The van der Waals surface area contributed by atoms with Crippen LogP contribution in [0.5, 0.6) is 0 Å². The van der Waals surface area contributed by atoms with E-state index in [0.29, 0.717) is 5.69 Å². The molecule has 1 saturated heterocycles. The molecular weight excluding hydrogens is 612 g/mol. The quantitative estimate of drug-likeness (QED) is 0.303. The van der Waals surface area contributed by atoms with Crippen LogP contribution in [0.25, 0.3) is 0 Å². The van der Waals surface area contributed by atoms with Gasteiger partial charge >= 0.3 is 5.97 Å². The van der Waals surface area contributed by atoms with E-state index in [-0.39, 0.29) is 33.3 Å². The standard InChI is InChI=1S/C22H23Br3N2O5/c1-8-5-14(9(2)4-13(8)23)26-15(28)7-32-22(31)10(3)27-20(29)16-11-6-12(17(16)21(27)30)19(25)18(11)24/h4-5,10-12,16-19H,6-7H2,1-3H3,(H,26,28)/t10-,11+,12+,16+,17+,18-,19+/m0/s1. The van der Waals surface area contributed by atoms with E-state index < -0.39 is 36.4 Å². The SMILES string of the molecule is Cc1cc(NC(=O)COC(=O)[C@H](C)N2C(=O)[C@@H]3[C@H]4C[C@@H]([C@@H](Br)[C@H]4Br)[C@H]3C2=O)c(C)cc1Br. The van der Waals surface area contributed by atoms with E-state index in [2.05, 4.69) is 53.1 Å². The second kappa shape index (κ2) is 8.83. The monoisotopic (exact) mass is 632 g/mol. The molecular formula is C22H23Br3N2O5. The molecule has 1 aromatic carbocycles. The second-order valence-electron chi connectivity index (χ2n) is 8.80. The van der Waals surface area contributed by atoms with Gasteiger partial charge in [0.25, 0.3) is 5.91 Å². The molecule has 2 bridgehead atoms. The summed E-state index contributed by atoms with van der Waals surface area (Å²) in [4.78, 5) is 52.3. The van der Waals surface area contributed by atoms with E-state index in [4.69, 9.17) is 4.74 Å². The Morgan fingerprint density at radius 3 is 2.22 bits per heavy atom. The minimum absolute atomic E-state index is 0.0717. The highest BCUT2D eigenvalue weighted by Crippen LogP contribution is 2.60. The zero-order valence-corrected chi connectivity index (χ0v) is 22.5. The van der Waals surface area contributed by atoms with E-state index in [1.807, 2.05) is 26.0 Å². The van der Waals surface area contributed by atoms with Crippen LogP contribution < -0.4 is 5.32 Å². The zero-order chi connectivity index (χ0) is 23.5. The van der Waals surface area contributed by atoms with Gasteiger partial charge in [0.05, 0.1) is 11.8 Å². The molecule has 2 aliphatic carbocycles. The lowest BCUT2D eigenvalue weighted by molar-refractivity contribution is -0.159. The molecule has 0 radical (unpaired) electrons. The van der Waals surface area contributed by atoms with Crippen LogP contribution in [0.3, 0.4) is 0 Å². The van der Waals surface area contributed by atoms with Crippen molar-refractivity contribution in [3.8, 4) is 0 Å². The van der Waals surface area contributed by atoms with Crippen LogP contribution in [-0.2, 0) is 23.9 Å². The molecule has 7 atom stereocenters. The first-order valence-electron chi connectivity index (χ1n) is 10.4. The number of anilines is 1. The number of nitrogens with one attached hydrogen (secondary N) is 1. The zero-order valence-electron chi connectivity index (χ0n) is 17.7. The van der Waals surface area contributed by atoms with Gasteiger partial charge in [0.2, 0.25) is 11.8 Å². The Kier molecular flexibility index (Phi) is 6.59. The number of halogens is 3. The summed E-state index contributed by atoms with van der Waals surface area (Å²) in [7, 11) is 0.